The Hall–Kier alpha value is -3.82. The summed E-state index contributed by atoms with van der Waals surface area (Å²) < 4.78 is 38.4. The molecule has 0 radical (unpaired) electrons. The number of alkyl halides is 3. The van der Waals surface area contributed by atoms with Crippen LogP contribution in [-0.2, 0) is 4.79 Å². The summed E-state index contributed by atoms with van der Waals surface area (Å²) in [6.07, 6.45) is 0.197. The van der Waals surface area contributed by atoms with Crippen LogP contribution in [0.15, 0.2) is 54.9 Å². The van der Waals surface area contributed by atoms with Crippen molar-refractivity contribution < 1.29 is 22.8 Å². The Bertz CT molecular complexity index is 1130. The van der Waals surface area contributed by atoms with Crippen LogP contribution in [0.3, 0.4) is 0 Å². The quantitative estimate of drug-likeness (QED) is 0.553. The molecule has 3 aromatic rings. The summed E-state index contributed by atoms with van der Waals surface area (Å²) in [6.45, 7) is -0.0151. The molecule has 0 atom stereocenters. The molecule has 7 nitrogen and oxygen atoms in total. The fraction of sp³-hybridized carbons (Fsp3) is 0.150. The van der Waals surface area contributed by atoms with E-state index in [0.717, 1.165) is 0 Å². The molecule has 0 aliphatic heterocycles. The van der Waals surface area contributed by atoms with Gasteiger partial charge in [0.25, 0.3) is 0 Å². The average Bonchev–Trinajstić information content (AvgIpc) is 3.09. The lowest BCUT2D eigenvalue weighted by molar-refractivity contribution is -0.122. The molecule has 2 aromatic heterocycles. The van der Waals surface area contributed by atoms with Gasteiger partial charge in [0.05, 0.1) is 11.9 Å². The van der Waals surface area contributed by atoms with E-state index in [4.69, 9.17) is 5.73 Å². The topological polar surface area (TPSA) is 102 Å². The predicted molar refractivity (Wildman–Crippen MR) is 107 cm³/mol. The number of nitrogens with one attached hydrogen (secondary N) is 2. The number of hydrogen-bond acceptors (Lipinski definition) is 4. The molecule has 2 amide bonds. The van der Waals surface area contributed by atoms with Gasteiger partial charge in [0.1, 0.15) is 12.2 Å². The molecule has 10 heteroatoms. The number of rotatable bonds is 5. The van der Waals surface area contributed by atoms with Gasteiger partial charge in [0, 0.05) is 34.8 Å². The smallest absolute Gasteiger partial charge is 0.398 e. The minimum Gasteiger partial charge on any atom is -0.398 e. The number of carbonyl (C=O) groups excluding carboxylic acids is 2. The Morgan fingerprint density at radius 2 is 2.00 bits per heavy atom. The molecular weight excluding hydrogens is 399 g/mol. The Morgan fingerprint density at radius 3 is 2.70 bits per heavy atom. The lowest BCUT2D eigenvalue weighted by Gasteiger charge is -2.11. The highest BCUT2D eigenvalue weighted by atomic mass is 19.4. The second-order valence-electron chi connectivity index (χ2n) is 6.50. The summed E-state index contributed by atoms with van der Waals surface area (Å²) in [6, 6.07) is 9.13. The van der Waals surface area contributed by atoms with E-state index in [-0.39, 0.29) is 5.78 Å². The Morgan fingerprint density at radius 1 is 1.23 bits per heavy atom. The van der Waals surface area contributed by atoms with Crippen molar-refractivity contribution in [2.75, 3.05) is 11.9 Å². The number of hydrogen-bond donors (Lipinski definition) is 3. The van der Waals surface area contributed by atoms with Crippen molar-refractivity contribution in [2.45, 2.75) is 13.1 Å². The van der Waals surface area contributed by atoms with Crippen LogP contribution < -0.4 is 16.4 Å². The van der Waals surface area contributed by atoms with Gasteiger partial charge in [-0.3, -0.25) is 9.20 Å². The number of allylic oxidation sites excluding steroid dienone is 1. The SMILES string of the molecule is CC(=O)/C=C(\N)c1ccn2c(-c3cccc(NC(=O)NCC(F)(F)F)c3)cnc2c1. The van der Waals surface area contributed by atoms with E-state index in [1.165, 1.54) is 13.0 Å². The van der Waals surface area contributed by atoms with Gasteiger partial charge in [-0.1, -0.05) is 12.1 Å². The average molecular weight is 417 g/mol. The van der Waals surface area contributed by atoms with Crippen molar-refractivity contribution in [3.8, 4) is 11.3 Å². The zero-order chi connectivity index (χ0) is 21.9. The van der Waals surface area contributed by atoms with Crippen LogP contribution in [0.25, 0.3) is 22.6 Å². The fourth-order valence-corrected chi connectivity index (χ4v) is 2.79. The first-order valence-electron chi connectivity index (χ1n) is 8.79. The van der Waals surface area contributed by atoms with Gasteiger partial charge in [-0.2, -0.15) is 13.2 Å². The third-order valence-corrected chi connectivity index (χ3v) is 4.07. The number of anilines is 1. The first-order chi connectivity index (χ1) is 14.1. The van der Waals surface area contributed by atoms with Gasteiger partial charge in [-0.25, -0.2) is 9.78 Å². The number of nitrogens with zero attached hydrogens (tertiary/aromatic N) is 2. The molecule has 0 saturated carbocycles. The molecule has 0 bridgehead atoms. The van der Waals surface area contributed by atoms with Crippen LogP contribution in [0.1, 0.15) is 12.5 Å². The highest BCUT2D eigenvalue weighted by Crippen LogP contribution is 2.25. The number of nitrogens with two attached hydrogens (primary N) is 1. The van der Waals surface area contributed by atoms with Crippen LogP contribution >= 0.6 is 0 Å². The second kappa shape index (κ2) is 8.27. The van der Waals surface area contributed by atoms with Crippen LogP contribution in [0, 0.1) is 0 Å². The molecular formula is C20H18F3N5O2. The number of imidazole rings is 1. The number of pyridine rings is 1. The maximum atomic E-state index is 12.2. The predicted octanol–water partition coefficient (Wildman–Crippen LogP) is 3.57. The molecule has 0 spiro atoms. The maximum absolute atomic E-state index is 12.2. The molecule has 156 valence electrons. The molecule has 1 aromatic carbocycles. The Kier molecular flexibility index (Phi) is 5.77. The molecule has 3 rings (SSSR count). The molecule has 0 fully saturated rings. The highest BCUT2D eigenvalue weighted by molar-refractivity contribution is 5.94. The van der Waals surface area contributed by atoms with Gasteiger partial charge in [0.2, 0.25) is 0 Å². The fourth-order valence-electron chi connectivity index (χ4n) is 2.79. The van der Waals surface area contributed by atoms with Crippen molar-refractivity contribution in [1.29, 1.82) is 0 Å². The maximum Gasteiger partial charge on any atom is 0.405 e. The van der Waals surface area contributed by atoms with E-state index in [9.17, 15) is 22.8 Å². The number of carbonyl (C=O) groups is 2. The van der Waals surface area contributed by atoms with E-state index in [0.29, 0.717) is 33.9 Å². The second-order valence-corrected chi connectivity index (χ2v) is 6.50. The Balaban J connectivity index is 1.83. The van der Waals surface area contributed by atoms with Crippen LogP contribution in [0.5, 0.6) is 0 Å². The van der Waals surface area contributed by atoms with Crippen LogP contribution in [-0.4, -0.2) is 33.9 Å². The first kappa shape index (κ1) is 20.9. The Labute approximate surface area is 169 Å². The first-order valence-corrected chi connectivity index (χ1v) is 8.79. The van der Waals surface area contributed by atoms with E-state index < -0.39 is 18.8 Å². The number of urea groups is 1. The lowest BCUT2D eigenvalue weighted by Crippen LogP contribution is -2.36. The number of ketones is 1. The summed E-state index contributed by atoms with van der Waals surface area (Å²) in [5, 5.41) is 4.12. The highest BCUT2D eigenvalue weighted by Gasteiger charge is 2.27. The van der Waals surface area contributed by atoms with Crippen LogP contribution in [0.4, 0.5) is 23.7 Å². The summed E-state index contributed by atoms with van der Waals surface area (Å²) in [7, 11) is 0. The minimum atomic E-state index is -4.49. The van der Waals surface area contributed by atoms with Crippen molar-refractivity contribution in [2.24, 2.45) is 5.73 Å². The lowest BCUT2D eigenvalue weighted by atomic mass is 10.1. The van der Waals surface area contributed by atoms with E-state index in [1.807, 2.05) is 0 Å². The third-order valence-electron chi connectivity index (χ3n) is 4.07. The van der Waals surface area contributed by atoms with Gasteiger partial charge in [0.15, 0.2) is 5.78 Å². The monoisotopic (exact) mass is 417 g/mol. The molecule has 0 unspecified atom stereocenters. The normalized spacial score (nSPS) is 12.1. The van der Waals surface area contributed by atoms with Crippen molar-refractivity contribution >= 4 is 28.8 Å². The van der Waals surface area contributed by atoms with Gasteiger partial charge >= 0.3 is 12.2 Å². The zero-order valence-corrected chi connectivity index (χ0v) is 15.8. The number of amides is 2. The standard InChI is InChI=1S/C20H18F3N5O2/c1-12(29)7-16(24)13-5-6-28-17(10-25-18(28)9-13)14-3-2-4-15(8-14)27-19(30)26-11-20(21,22)23/h2-10H,11,24H2,1H3,(H2,26,27,30)/b16-7-. The third kappa shape index (κ3) is 5.16. The van der Waals surface area contributed by atoms with E-state index >= 15 is 0 Å². The van der Waals surface area contributed by atoms with Gasteiger partial charge < -0.3 is 16.4 Å². The van der Waals surface area contributed by atoms with Crippen molar-refractivity contribution in [3.05, 3.63) is 60.4 Å². The zero-order valence-electron chi connectivity index (χ0n) is 15.8. The molecule has 0 aliphatic carbocycles. The molecule has 0 aliphatic rings. The molecule has 4 N–H and O–H groups in total. The molecule has 30 heavy (non-hydrogen) atoms. The summed E-state index contributed by atoms with van der Waals surface area (Å²) >= 11 is 0. The van der Waals surface area contributed by atoms with E-state index in [2.05, 4.69) is 10.3 Å². The minimum absolute atomic E-state index is 0.167. The van der Waals surface area contributed by atoms with E-state index in [1.54, 1.807) is 58.5 Å². The van der Waals surface area contributed by atoms with Gasteiger partial charge in [-0.05, 0) is 31.2 Å². The van der Waals surface area contributed by atoms with Gasteiger partial charge in [-0.15, -0.1) is 0 Å². The molecule has 2 heterocycles. The number of halogens is 3. The number of fused-ring (bicyclic) bond motifs is 1. The summed E-state index contributed by atoms with van der Waals surface area (Å²) in [4.78, 5) is 27.2. The van der Waals surface area contributed by atoms with Crippen molar-refractivity contribution in [3.63, 3.8) is 0 Å². The molecule has 0 saturated heterocycles. The summed E-state index contributed by atoms with van der Waals surface area (Å²) in [5.74, 6) is -0.167. The number of benzene rings is 1. The largest absolute Gasteiger partial charge is 0.405 e. The van der Waals surface area contributed by atoms with Crippen molar-refractivity contribution in [1.82, 2.24) is 14.7 Å². The number of aromatic nitrogens is 2. The van der Waals surface area contributed by atoms with Crippen LogP contribution in [0.2, 0.25) is 0 Å². The summed E-state index contributed by atoms with van der Waals surface area (Å²) in [5.41, 5.74) is 9.18.